The number of unbranched alkanes of at least 4 members (excludes halogenated alkanes) is 2. The maximum Gasteiger partial charge on any atom is 0.353 e. The quantitative estimate of drug-likeness (QED) is 0.470. The van der Waals surface area contributed by atoms with E-state index >= 15 is 0 Å². The van der Waals surface area contributed by atoms with Crippen molar-refractivity contribution >= 4 is 18.4 Å². The monoisotopic (exact) mass is 350 g/mol. The minimum absolute atomic E-state index is 0.314. The van der Waals surface area contributed by atoms with Crippen LogP contribution in [-0.4, -0.2) is 57.3 Å². The first kappa shape index (κ1) is 21.1. The van der Waals surface area contributed by atoms with Crippen molar-refractivity contribution in [3.8, 4) is 0 Å². The van der Waals surface area contributed by atoms with E-state index in [0.29, 0.717) is 11.4 Å². The fraction of sp³-hybridized carbons (Fsp3) is 0.611. The lowest BCUT2D eigenvalue weighted by atomic mass is 10.3. The summed E-state index contributed by atoms with van der Waals surface area (Å²) in [7, 11) is 0. The molecule has 0 aliphatic rings. The SMILES string of the molecule is CCCCN(C=Nc1nc(=O)n(C=C(CO)CO)cc1C)CCCC. The molecule has 1 aromatic rings. The summed E-state index contributed by atoms with van der Waals surface area (Å²) >= 11 is 0. The van der Waals surface area contributed by atoms with E-state index in [1.54, 1.807) is 12.5 Å². The van der Waals surface area contributed by atoms with E-state index in [1.807, 2.05) is 6.92 Å². The third-order valence-corrected chi connectivity index (χ3v) is 3.78. The topological polar surface area (TPSA) is 91.0 Å². The summed E-state index contributed by atoms with van der Waals surface area (Å²) in [5.41, 5.74) is 0.587. The Morgan fingerprint density at radius 3 is 2.36 bits per heavy atom. The van der Waals surface area contributed by atoms with Crippen molar-refractivity contribution in [1.29, 1.82) is 0 Å². The van der Waals surface area contributed by atoms with Crippen LogP contribution in [0.3, 0.4) is 0 Å². The average Bonchev–Trinajstić information content (AvgIpc) is 2.62. The summed E-state index contributed by atoms with van der Waals surface area (Å²) < 4.78 is 1.25. The minimum Gasteiger partial charge on any atom is -0.392 e. The van der Waals surface area contributed by atoms with Gasteiger partial charge in [0.2, 0.25) is 0 Å². The van der Waals surface area contributed by atoms with Crippen molar-refractivity contribution in [3.63, 3.8) is 0 Å². The first-order valence-corrected chi connectivity index (χ1v) is 8.84. The van der Waals surface area contributed by atoms with Crippen molar-refractivity contribution in [2.75, 3.05) is 26.3 Å². The molecule has 0 radical (unpaired) electrons. The van der Waals surface area contributed by atoms with E-state index in [1.165, 1.54) is 10.8 Å². The Labute approximate surface area is 149 Å². The second kappa shape index (κ2) is 11.5. The summed E-state index contributed by atoms with van der Waals surface area (Å²) in [5, 5.41) is 18.2. The van der Waals surface area contributed by atoms with Gasteiger partial charge in [0.25, 0.3) is 0 Å². The van der Waals surface area contributed by atoms with Gasteiger partial charge in [-0.1, -0.05) is 26.7 Å². The molecule has 0 unspecified atom stereocenters. The maximum atomic E-state index is 12.1. The molecule has 0 aliphatic carbocycles. The van der Waals surface area contributed by atoms with Crippen LogP contribution >= 0.6 is 0 Å². The molecule has 0 aromatic carbocycles. The van der Waals surface area contributed by atoms with Crippen LogP contribution in [0.25, 0.3) is 6.20 Å². The van der Waals surface area contributed by atoms with E-state index in [0.717, 1.165) is 44.3 Å². The molecule has 0 saturated heterocycles. The van der Waals surface area contributed by atoms with Crippen LogP contribution in [-0.2, 0) is 0 Å². The Morgan fingerprint density at radius 1 is 1.24 bits per heavy atom. The molecule has 1 heterocycles. The summed E-state index contributed by atoms with van der Waals surface area (Å²) in [4.78, 5) is 22.7. The van der Waals surface area contributed by atoms with Crippen molar-refractivity contribution in [1.82, 2.24) is 14.5 Å². The molecule has 0 atom stereocenters. The van der Waals surface area contributed by atoms with Gasteiger partial charge in [0.15, 0.2) is 5.82 Å². The second-order valence-corrected chi connectivity index (χ2v) is 6.03. The molecule has 25 heavy (non-hydrogen) atoms. The van der Waals surface area contributed by atoms with Crippen molar-refractivity contribution in [2.24, 2.45) is 4.99 Å². The predicted molar refractivity (Wildman–Crippen MR) is 101 cm³/mol. The maximum absolute atomic E-state index is 12.1. The van der Waals surface area contributed by atoms with Gasteiger partial charge in [-0.3, -0.25) is 4.57 Å². The lowest BCUT2D eigenvalue weighted by Gasteiger charge is -2.18. The molecular formula is C18H30N4O3. The van der Waals surface area contributed by atoms with Crippen LogP contribution in [0, 0.1) is 6.92 Å². The molecule has 2 N–H and O–H groups in total. The highest BCUT2D eigenvalue weighted by molar-refractivity contribution is 5.60. The number of aliphatic imine (C=N–C) groups is 1. The van der Waals surface area contributed by atoms with Gasteiger partial charge in [-0.15, -0.1) is 0 Å². The van der Waals surface area contributed by atoms with Crippen LogP contribution in [0.4, 0.5) is 5.82 Å². The van der Waals surface area contributed by atoms with E-state index in [4.69, 9.17) is 10.2 Å². The third-order valence-electron chi connectivity index (χ3n) is 3.78. The van der Waals surface area contributed by atoms with Gasteiger partial charge >= 0.3 is 5.69 Å². The number of aryl methyl sites for hydroxylation is 1. The summed E-state index contributed by atoms with van der Waals surface area (Å²) in [6.07, 6.45) is 9.20. The zero-order valence-corrected chi connectivity index (χ0v) is 15.5. The van der Waals surface area contributed by atoms with Gasteiger partial charge in [-0.05, 0) is 25.3 Å². The summed E-state index contributed by atoms with van der Waals surface area (Å²) in [6.45, 7) is 7.38. The van der Waals surface area contributed by atoms with Gasteiger partial charge in [0.05, 0.1) is 19.6 Å². The molecule has 0 bridgehead atoms. The minimum atomic E-state index is -0.495. The average molecular weight is 350 g/mol. The van der Waals surface area contributed by atoms with Gasteiger partial charge in [-0.25, -0.2) is 9.79 Å². The molecule has 140 valence electrons. The Morgan fingerprint density at radius 2 is 1.84 bits per heavy atom. The number of aliphatic hydroxyl groups excluding tert-OH is 2. The molecule has 7 heteroatoms. The third kappa shape index (κ3) is 7.19. The molecule has 0 aliphatic heterocycles. The molecule has 0 amide bonds. The van der Waals surface area contributed by atoms with Gasteiger partial charge in [-0.2, -0.15) is 4.98 Å². The van der Waals surface area contributed by atoms with E-state index in [2.05, 4.69) is 28.7 Å². The van der Waals surface area contributed by atoms with Crippen LogP contribution in [0.1, 0.15) is 45.1 Å². The summed E-state index contributed by atoms with van der Waals surface area (Å²) in [6, 6.07) is 0. The molecule has 0 saturated carbocycles. The molecule has 0 fully saturated rings. The molecule has 0 spiro atoms. The normalized spacial score (nSPS) is 11.1. The van der Waals surface area contributed by atoms with E-state index < -0.39 is 5.69 Å². The highest BCUT2D eigenvalue weighted by Crippen LogP contribution is 2.12. The Hall–Kier alpha value is -1.99. The number of aliphatic hydroxyl groups is 2. The van der Waals surface area contributed by atoms with Crippen molar-refractivity contribution in [2.45, 2.75) is 46.5 Å². The fourth-order valence-corrected chi connectivity index (χ4v) is 2.20. The molecule has 7 nitrogen and oxygen atoms in total. The van der Waals surface area contributed by atoms with Crippen LogP contribution in [0.5, 0.6) is 0 Å². The number of hydrogen-bond acceptors (Lipinski definition) is 5. The van der Waals surface area contributed by atoms with Gasteiger partial charge in [0.1, 0.15) is 0 Å². The van der Waals surface area contributed by atoms with Crippen LogP contribution in [0.15, 0.2) is 21.6 Å². The summed E-state index contributed by atoms with van der Waals surface area (Å²) in [5.74, 6) is 0.391. The number of aromatic nitrogens is 2. The first-order valence-electron chi connectivity index (χ1n) is 8.84. The van der Waals surface area contributed by atoms with Crippen LogP contribution in [0.2, 0.25) is 0 Å². The van der Waals surface area contributed by atoms with Gasteiger partial charge < -0.3 is 15.1 Å². The zero-order valence-electron chi connectivity index (χ0n) is 15.5. The van der Waals surface area contributed by atoms with Crippen molar-refractivity contribution in [3.05, 3.63) is 27.8 Å². The smallest absolute Gasteiger partial charge is 0.353 e. The van der Waals surface area contributed by atoms with Crippen LogP contribution < -0.4 is 5.69 Å². The molecule has 1 rings (SSSR count). The first-order chi connectivity index (χ1) is 12.0. The van der Waals surface area contributed by atoms with E-state index in [-0.39, 0.29) is 13.2 Å². The van der Waals surface area contributed by atoms with Gasteiger partial charge in [0, 0.05) is 31.0 Å². The van der Waals surface area contributed by atoms with E-state index in [9.17, 15) is 4.79 Å². The second-order valence-electron chi connectivity index (χ2n) is 6.03. The zero-order chi connectivity index (χ0) is 18.7. The number of rotatable bonds is 11. The van der Waals surface area contributed by atoms with Crippen molar-refractivity contribution < 1.29 is 10.2 Å². The Bertz CT molecular complexity index is 624. The predicted octanol–water partition coefficient (Wildman–Crippen LogP) is 1.94. The Kier molecular flexibility index (Phi) is 9.72. The lowest BCUT2D eigenvalue weighted by Crippen LogP contribution is -2.24. The standard InChI is InChI=1S/C18H30N4O3/c1-4-6-8-21(9-7-5-2)14-19-17-15(3)10-22(18(25)20-17)11-16(12-23)13-24/h10-11,14,23-24H,4-9,12-13H2,1-3H3. The molecule has 1 aromatic heterocycles. The Balaban J connectivity index is 2.99. The molecular weight excluding hydrogens is 320 g/mol. The lowest BCUT2D eigenvalue weighted by molar-refractivity contribution is 0.277. The highest BCUT2D eigenvalue weighted by Gasteiger charge is 2.05. The highest BCUT2D eigenvalue weighted by atomic mass is 16.3. The number of hydrogen-bond donors (Lipinski definition) is 2. The number of nitrogens with zero attached hydrogens (tertiary/aromatic N) is 4. The largest absolute Gasteiger partial charge is 0.392 e. The fourth-order valence-electron chi connectivity index (χ4n) is 2.20.